The molecule has 2 rings (SSSR count). The zero-order valence-electron chi connectivity index (χ0n) is 11.6. The van der Waals surface area contributed by atoms with Crippen LogP contribution >= 0.6 is 0 Å². The van der Waals surface area contributed by atoms with Gasteiger partial charge in [0.1, 0.15) is 5.75 Å². The molecule has 0 bridgehead atoms. The first-order valence-corrected chi connectivity index (χ1v) is 6.88. The molecule has 1 aromatic carbocycles. The highest BCUT2D eigenvalue weighted by atomic mass is 16.3. The minimum absolute atomic E-state index is 0.0680. The number of benzene rings is 1. The van der Waals surface area contributed by atoms with Gasteiger partial charge in [0.15, 0.2) is 0 Å². The lowest BCUT2D eigenvalue weighted by Crippen LogP contribution is -2.33. The molecule has 0 spiro atoms. The number of hydrogen-bond donors (Lipinski definition) is 3. The maximum Gasteiger partial charge on any atom is 0.223 e. The highest BCUT2D eigenvalue weighted by Gasteiger charge is 2.28. The number of phenolic OH excluding ortho intramolecular Hbond substituents is 1. The number of hydrogen-bond acceptors (Lipinski definition) is 3. The SMILES string of the molecule is Cc1ccc(C(C)NCCNC(=O)C2CC2)c(O)c1. The largest absolute Gasteiger partial charge is 0.508 e. The van der Waals surface area contributed by atoms with Crippen LogP contribution in [0.3, 0.4) is 0 Å². The minimum atomic E-state index is 0.0680. The number of nitrogens with one attached hydrogen (secondary N) is 2. The van der Waals surface area contributed by atoms with Gasteiger partial charge in [-0.3, -0.25) is 4.79 Å². The summed E-state index contributed by atoms with van der Waals surface area (Å²) in [6.07, 6.45) is 2.07. The quantitative estimate of drug-likeness (QED) is 0.686. The predicted octanol–water partition coefficient (Wildman–Crippen LogP) is 1.88. The molecule has 1 saturated carbocycles. The maximum atomic E-state index is 11.4. The summed E-state index contributed by atoms with van der Waals surface area (Å²) in [6.45, 7) is 5.29. The van der Waals surface area contributed by atoms with E-state index in [4.69, 9.17) is 0 Å². The van der Waals surface area contributed by atoms with Gasteiger partial charge in [0.25, 0.3) is 0 Å². The molecule has 1 aromatic rings. The Balaban J connectivity index is 1.74. The molecule has 4 nitrogen and oxygen atoms in total. The molecule has 0 radical (unpaired) electrons. The van der Waals surface area contributed by atoms with Crippen molar-refractivity contribution in [2.45, 2.75) is 32.7 Å². The van der Waals surface area contributed by atoms with E-state index in [0.717, 1.165) is 24.0 Å². The van der Waals surface area contributed by atoms with Gasteiger partial charge in [-0.2, -0.15) is 0 Å². The van der Waals surface area contributed by atoms with E-state index in [9.17, 15) is 9.90 Å². The molecular formula is C15H22N2O2. The zero-order chi connectivity index (χ0) is 13.8. The van der Waals surface area contributed by atoms with Crippen molar-refractivity contribution in [3.63, 3.8) is 0 Å². The number of carbonyl (C=O) groups is 1. The topological polar surface area (TPSA) is 61.4 Å². The predicted molar refractivity (Wildman–Crippen MR) is 75.0 cm³/mol. The molecule has 1 atom stereocenters. The van der Waals surface area contributed by atoms with E-state index < -0.39 is 0 Å². The number of aromatic hydroxyl groups is 1. The summed E-state index contributed by atoms with van der Waals surface area (Å²) >= 11 is 0. The van der Waals surface area contributed by atoms with Crippen LogP contribution in [0.5, 0.6) is 5.75 Å². The van der Waals surface area contributed by atoms with E-state index in [0.29, 0.717) is 18.8 Å². The highest BCUT2D eigenvalue weighted by molar-refractivity contribution is 5.80. The molecule has 0 aromatic heterocycles. The van der Waals surface area contributed by atoms with Gasteiger partial charge in [0.05, 0.1) is 0 Å². The van der Waals surface area contributed by atoms with Crippen LogP contribution in [-0.4, -0.2) is 24.1 Å². The van der Waals surface area contributed by atoms with Crippen molar-refractivity contribution < 1.29 is 9.90 Å². The summed E-state index contributed by atoms with van der Waals surface area (Å²) in [5, 5.41) is 16.1. The van der Waals surface area contributed by atoms with E-state index in [1.165, 1.54) is 0 Å². The average Bonchev–Trinajstić information content (AvgIpc) is 3.18. The van der Waals surface area contributed by atoms with Gasteiger partial charge in [0, 0.05) is 30.6 Å². The second-order valence-corrected chi connectivity index (χ2v) is 5.30. The van der Waals surface area contributed by atoms with Crippen molar-refractivity contribution in [1.29, 1.82) is 0 Å². The van der Waals surface area contributed by atoms with Crippen molar-refractivity contribution in [1.82, 2.24) is 10.6 Å². The van der Waals surface area contributed by atoms with Gasteiger partial charge in [-0.25, -0.2) is 0 Å². The summed E-state index contributed by atoms with van der Waals surface area (Å²) in [5.74, 6) is 0.758. The van der Waals surface area contributed by atoms with Crippen molar-refractivity contribution in [3.8, 4) is 5.75 Å². The van der Waals surface area contributed by atoms with E-state index in [1.54, 1.807) is 6.07 Å². The van der Waals surface area contributed by atoms with Crippen LogP contribution < -0.4 is 10.6 Å². The number of amides is 1. The van der Waals surface area contributed by atoms with Gasteiger partial charge in [0.2, 0.25) is 5.91 Å². The summed E-state index contributed by atoms with van der Waals surface area (Å²) in [5.41, 5.74) is 1.93. The molecule has 0 heterocycles. The third-order valence-electron chi connectivity index (χ3n) is 3.48. The second kappa shape index (κ2) is 6.06. The Hall–Kier alpha value is -1.55. The van der Waals surface area contributed by atoms with Crippen molar-refractivity contribution in [3.05, 3.63) is 29.3 Å². The van der Waals surface area contributed by atoms with Crippen molar-refractivity contribution in [2.75, 3.05) is 13.1 Å². The normalized spacial score (nSPS) is 16.1. The zero-order valence-corrected chi connectivity index (χ0v) is 11.6. The fourth-order valence-electron chi connectivity index (χ4n) is 2.09. The first kappa shape index (κ1) is 13.9. The summed E-state index contributed by atoms with van der Waals surface area (Å²) in [7, 11) is 0. The van der Waals surface area contributed by atoms with Gasteiger partial charge < -0.3 is 15.7 Å². The molecule has 19 heavy (non-hydrogen) atoms. The summed E-state index contributed by atoms with van der Waals surface area (Å²) < 4.78 is 0. The van der Waals surface area contributed by atoms with E-state index in [2.05, 4.69) is 10.6 Å². The Kier molecular flexibility index (Phi) is 4.43. The Labute approximate surface area is 114 Å². The fourth-order valence-corrected chi connectivity index (χ4v) is 2.09. The molecule has 3 N–H and O–H groups in total. The maximum absolute atomic E-state index is 11.4. The number of aryl methyl sites for hydroxylation is 1. The molecule has 1 aliphatic carbocycles. The van der Waals surface area contributed by atoms with Crippen LogP contribution in [0, 0.1) is 12.8 Å². The lowest BCUT2D eigenvalue weighted by Gasteiger charge is -2.16. The monoisotopic (exact) mass is 262 g/mol. The molecule has 1 unspecified atom stereocenters. The van der Waals surface area contributed by atoms with E-state index in [1.807, 2.05) is 26.0 Å². The van der Waals surface area contributed by atoms with E-state index in [-0.39, 0.29) is 17.9 Å². The van der Waals surface area contributed by atoms with Crippen LogP contribution in [0.2, 0.25) is 0 Å². The first-order chi connectivity index (χ1) is 9.08. The summed E-state index contributed by atoms with van der Waals surface area (Å²) in [6, 6.07) is 5.76. The highest BCUT2D eigenvalue weighted by Crippen LogP contribution is 2.28. The molecule has 0 saturated heterocycles. The molecule has 1 fully saturated rings. The van der Waals surface area contributed by atoms with Gasteiger partial charge in [-0.15, -0.1) is 0 Å². The number of rotatable bonds is 6. The second-order valence-electron chi connectivity index (χ2n) is 5.30. The van der Waals surface area contributed by atoms with Crippen molar-refractivity contribution >= 4 is 5.91 Å². The Morgan fingerprint density at radius 2 is 2.16 bits per heavy atom. The first-order valence-electron chi connectivity index (χ1n) is 6.88. The molecule has 104 valence electrons. The van der Waals surface area contributed by atoms with Gasteiger partial charge in [-0.1, -0.05) is 12.1 Å². The fraction of sp³-hybridized carbons (Fsp3) is 0.533. The molecule has 4 heteroatoms. The van der Waals surface area contributed by atoms with Gasteiger partial charge in [-0.05, 0) is 38.3 Å². The number of carbonyl (C=O) groups excluding carboxylic acids is 1. The van der Waals surface area contributed by atoms with Crippen LogP contribution in [-0.2, 0) is 4.79 Å². The summed E-state index contributed by atoms with van der Waals surface area (Å²) in [4.78, 5) is 11.4. The van der Waals surface area contributed by atoms with Crippen molar-refractivity contribution in [2.24, 2.45) is 5.92 Å². The van der Waals surface area contributed by atoms with E-state index >= 15 is 0 Å². The smallest absolute Gasteiger partial charge is 0.223 e. The molecule has 0 aliphatic heterocycles. The van der Waals surface area contributed by atoms with Crippen LogP contribution in [0.1, 0.15) is 36.9 Å². The van der Waals surface area contributed by atoms with Crippen LogP contribution in [0.25, 0.3) is 0 Å². The Bertz CT molecular complexity index is 455. The Morgan fingerprint density at radius 1 is 1.42 bits per heavy atom. The molecule has 1 aliphatic rings. The lowest BCUT2D eigenvalue weighted by molar-refractivity contribution is -0.122. The lowest BCUT2D eigenvalue weighted by atomic mass is 10.1. The van der Waals surface area contributed by atoms with Gasteiger partial charge >= 0.3 is 0 Å². The third-order valence-corrected chi connectivity index (χ3v) is 3.48. The molecule has 1 amide bonds. The molecular weight excluding hydrogens is 240 g/mol. The van der Waals surface area contributed by atoms with Crippen LogP contribution in [0.15, 0.2) is 18.2 Å². The standard InChI is InChI=1S/C15H22N2O2/c1-10-3-6-13(14(18)9-10)11(2)16-7-8-17-15(19)12-4-5-12/h3,6,9,11-12,16,18H,4-5,7-8H2,1-2H3,(H,17,19). The average molecular weight is 262 g/mol. The van der Waals surface area contributed by atoms with Crippen LogP contribution in [0.4, 0.5) is 0 Å². The minimum Gasteiger partial charge on any atom is -0.508 e. The Morgan fingerprint density at radius 3 is 2.79 bits per heavy atom. The third kappa shape index (κ3) is 3.96. The number of phenols is 1.